The van der Waals surface area contributed by atoms with Crippen LogP contribution in [0.15, 0.2) is 34.7 Å². The van der Waals surface area contributed by atoms with Gasteiger partial charge in [-0.1, -0.05) is 13.8 Å². The second-order valence-corrected chi connectivity index (χ2v) is 7.49. The van der Waals surface area contributed by atoms with Crippen LogP contribution in [0.2, 0.25) is 0 Å². The van der Waals surface area contributed by atoms with Crippen molar-refractivity contribution in [2.24, 2.45) is 23.2 Å². The van der Waals surface area contributed by atoms with Crippen LogP contribution in [0.4, 0.5) is 0 Å². The summed E-state index contributed by atoms with van der Waals surface area (Å²) in [7, 11) is 0. The fraction of sp³-hybridized carbons (Fsp3) is 0.579. The number of hydrogen-bond acceptors (Lipinski definition) is 4. The monoisotopic (exact) mass is 314 g/mol. The normalized spacial score (nSPS) is 40.0. The second kappa shape index (κ2) is 5.08. The predicted molar refractivity (Wildman–Crippen MR) is 83.4 cm³/mol. The van der Waals surface area contributed by atoms with Crippen molar-refractivity contribution in [3.63, 3.8) is 0 Å². The zero-order chi connectivity index (χ0) is 16.2. The number of fused-ring (bicyclic) bond motifs is 3. The zero-order valence-corrected chi connectivity index (χ0v) is 13.6. The van der Waals surface area contributed by atoms with Crippen LogP contribution in [0.1, 0.15) is 51.2 Å². The van der Waals surface area contributed by atoms with Gasteiger partial charge in [0.1, 0.15) is 11.9 Å². The third kappa shape index (κ3) is 2.11. The Bertz CT molecular complexity index is 672. The number of rotatable bonds is 1. The molecule has 2 heterocycles. The van der Waals surface area contributed by atoms with E-state index in [1.54, 1.807) is 18.6 Å². The smallest absolute Gasteiger partial charge is 0.331 e. The minimum atomic E-state index is -0.289. The van der Waals surface area contributed by atoms with E-state index in [1.165, 1.54) is 5.57 Å². The van der Waals surface area contributed by atoms with Gasteiger partial charge in [-0.3, -0.25) is 4.79 Å². The molecule has 23 heavy (non-hydrogen) atoms. The number of carbonyl (C=O) groups is 2. The number of esters is 1. The van der Waals surface area contributed by atoms with E-state index in [0.717, 1.165) is 24.8 Å². The molecule has 4 heteroatoms. The van der Waals surface area contributed by atoms with Crippen molar-refractivity contribution in [2.45, 2.75) is 45.6 Å². The summed E-state index contributed by atoms with van der Waals surface area (Å²) < 4.78 is 10.9. The molecule has 5 atom stereocenters. The van der Waals surface area contributed by atoms with Gasteiger partial charge in [-0.05, 0) is 42.7 Å². The summed E-state index contributed by atoms with van der Waals surface area (Å²) in [6, 6.07) is 1.88. The molecule has 0 radical (unpaired) electrons. The molecule has 4 nitrogen and oxygen atoms in total. The average molecular weight is 314 g/mol. The van der Waals surface area contributed by atoms with Crippen molar-refractivity contribution in [3.05, 3.63) is 35.8 Å². The van der Waals surface area contributed by atoms with E-state index < -0.39 is 0 Å². The molecule has 2 saturated carbocycles. The quantitative estimate of drug-likeness (QED) is 0.739. The average Bonchev–Trinajstić information content (AvgIpc) is 3.05. The topological polar surface area (TPSA) is 56.5 Å². The van der Waals surface area contributed by atoms with Crippen LogP contribution in [-0.2, 0) is 14.3 Å². The van der Waals surface area contributed by atoms with Crippen molar-refractivity contribution in [1.29, 1.82) is 0 Å². The van der Waals surface area contributed by atoms with Crippen LogP contribution in [-0.4, -0.2) is 11.8 Å². The van der Waals surface area contributed by atoms with Crippen LogP contribution in [0.25, 0.3) is 0 Å². The van der Waals surface area contributed by atoms with Gasteiger partial charge in [0.05, 0.1) is 12.5 Å². The highest BCUT2D eigenvalue weighted by Gasteiger charge is 2.53. The maximum absolute atomic E-state index is 12.2. The number of ether oxygens (including phenoxy) is 1. The van der Waals surface area contributed by atoms with Crippen LogP contribution in [0, 0.1) is 23.2 Å². The summed E-state index contributed by atoms with van der Waals surface area (Å²) in [5.74, 6) is 0.897. The van der Waals surface area contributed by atoms with Gasteiger partial charge in [0.15, 0.2) is 0 Å². The Morgan fingerprint density at radius 1 is 1.26 bits per heavy atom. The van der Waals surface area contributed by atoms with Crippen LogP contribution in [0.5, 0.6) is 0 Å². The molecule has 0 unspecified atom stereocenters. The number of furan rings is 1. The molecule has 122 valence electrons. The molecule has 0 N–H and O–H groups in total. The largest absolute Gasteiger partial charge is 0.472 e. The van der Waals surface area contributed by atoms with Crippen LogP contribution < -0.4 is 0 Å². The summed E-state index contributed by atoms with van der Waals surface area (Å²) >= 11 is 0. The van der Waals surface area contributed by atoms with Crippen LogP contribution >= 0.6 is 0 Å². The molecular formula is C19H22O4. The van der Waals surface area contributed by atoms with Crippen LogP contribution in [0.3, 0.4) is 0 Å². The maximum Gasteiger partial charge on any atom is 0.331 e. The molecule has 0 bridgehead atoms. The van der Waals surface area contributed by atoms with Gasteiger partial charge >= 0.3 is 5.97 Å². The van der Waals surface area contributed by atoms with E-state index in [9.17, 15) is 9.59 Å². The van der Waals surface area contributed by atoms with Crippen molar-refractivity contribution in [3.8, 4) is 0 Å². The first kappa shape index (κ1) is 14.7. The lowest BCUT2D eigenvalue weighted by Gasteiger charge is -2.52. The first-order valence-electron chi connectivity index (χ1n) is 8.48. The first-order valence-corrected chi connectivity index (χ1v) is 8.48. The fourth-order valence-corrected chi connectivity index (χ4v) is 5.02. The molecule has 1 aliphatic heterocycles. The van der Waals surface area contributed by atoms with Crippen molar-refractivity contribution < 1.29 is 18.7 Å². The predicted octanol–water partition coefficient (Wildman–Crippen LogP) is 3.84. The van der Waals surface area contributed by atoms with Gasteiger partial charge in [-0.25, -0.2) is 4.79 Å². The molecular weight excluding hydrogens is 292 g/mol. The number of ketones is 1. The standard InChI is InChI=1S/C19H22O4/c1-11-13-5-7-19(2)15(14(13)3-4-16(11)20)9-17(21)23-18(19)12-6-8-22-10-12/h6,8-11,13-14,18H,3-5,7H2,1-2H3/t11-,13+,14-,18+,19-/m1/s1. The highest BCUT2D eigenvalue weighted by Crippen LogP contribution is 2.59. The van der Waals surface area contributed by atoms with E-state index in [0.29, 0.717) is 24.0 Å². The SMILES string of the molecule is C[C@H]1C(=O)CC[C@H]2C3=CC(=O)O[C@@H](c4ccoc4)[C@]3(C)CC[C@@H]12. The van der Waals surface area contributed by atoms with E-state index in [1.807, 2.05) is 6.07 Å². The number of hydrogen-bond donors (Lipinski definition) is 0. The van der Waals surface area contributed by atoms with E-state index >= 15 is 0 Å². The van der Waals surface area contributed by atoms with Crippen molar-refractivity contribution in [1.82, 2.24) is 0 Å². The molecule has 0 saturated heterocycles. The zero-order valence-electron chi connectivity index (χ0n) is 13.6. The first-order chi connectivity index (χ1) is 11.0. The van der Waals surface area contributed by atoms with Gasteiger partial charge in [-0.15, -0.1) is 0 Å². The molecule has 1 aromatic rings. The Labute approximate surface area is 135 Å². The lowest BCUT2D eigenvalue weighted by molar-refractivity contribution is -0.155. The molecule has 3 aliphatic rings. The lowest BCUT2D eigenvalue weighted by Crippen LogP contribution is -2.47. The van der Waals surface area contributed by atoms with Gasteiger partial charge in [0, 0.05) is 29.4 Å². The summed E-state index contributed by atoms with van der Waals surface area (Å²) in [6.45, 7) is 4.25. The van der Waals surface area contributed by atoms with Crippen molar-refractivity contribution >= 4 is 11.8 Å². The number of cyclic esters (lactones) is 1. The van der Waals surface area contributed by atoms with Crippen molar-refractivity contribution in [2.75, 3.05) is 0 Å². The number of carbonyl (C=O) groups excluding carboxylic acids is 2. The van der Waals surface area contributed by atoms with Gasteiger partial charge in [0.2, 0.25) is 0 Å². The molecule has 0 spiro atoms. The molecule has 1 aromatic heterocycles. The van der Waals surface area contributed by atoms with E-state index in [4.69, 9.17) is 9.15 Å². The summed E-state index contributed by atoms with van der Waals surface area (Å²) in [5, 5.41) is 0. The maximum atomic E-state index is 12.2. The number of Topliss-reactive ketones (excluding diaryl/α,β-unsaturated/α-hetero) is 1. The minimum absolute atomic E-state index is 0.101. The Hall–Kier alpha value is -1.84. The molecule has 2 fully saturated rings. The Morgan fingerprint density at radius 2 is 2.09 bits per heavy atom. The lowest BCUT2D eigenvalue weighted by atomic mass is 9.54. The summed E-state index contributed by atoms with van der Waals surface area (Å²) in [4.78, 5) is 24.3. The Balaban J connectivity index is 1.75. The van der Waals surface area contributed by atoms with Gasteiger partial charge in [0.25, 0.3) is 0 Å². The third-order valence-corrected chi connectivity index (χ3v) is 6.36. The minimum Gasteiger partial charge on any atom is -0.472 e. The highest BCUT2D eigenvalue weighted by molar-refractivity contribution is 5.86. The summed E-state index contributed by atoms with van der Waals surface area (Å²) in [6.07, 6.45) is 8.14. The molecule has 4 rings (SSSR count). The molecule has 2 aliphatic carbocycles. The highest BCUT2D eigenvalue weighted by atomic mass is 16.5. The van der Waals surface area contributed by atoms with E-state index in [2.05, 4.69) is 13.8 Å². The summed E-state index contributed by atoms with van der Waals surface area (Å²) in [5.41, 5.74) is 1.92. The van der Waals surface area contributed by atoms with E-state index in [-0.39, 0.29) is 23.4 Å². The molecule has 0 amide bonds. The Morgan fingerprint density at radius 3 is 2.83 bits per heavy atom. The second-order valence-electron chi connectivity index (χ2n) is 7.49. The molecule has 0 aromatic carbocycles. The third-order valence-electron chi connectivity index (χ3n) is 6.36. The van der Waals surface area contributed by atoms with Gasteiger partial charge < -0.3 is 9.15 Å². The Kier molecular flexibility index (Phi) is 3.26. The van der Waals surface area contributed by atoms with Gasteiger partial charge in [-0.2, -0.15) is 0 Å². The fourth-order valence-electron chi connectivity index (χ4n) is 5.02.